The molecule has 1 aliphatic heterocycles. The van der Waals surface area contributed by atoms with E-state index in [0.29, 0.717) is 39.1 Å². The van der Waals surface area contributed by atoms with Gasteiger partial charge in [0.25, 0.3) is 0 Å². The molecule has 0 spiro atoms. The minimum Gasteiger partial charge on any atom is -0.444 e. The van der Waals surface area contributed by atoms with Crippen LogP contribution in [0.25, 0.3) is 0 Å². The molecule has 0 radical (unpaired) electrons. The van der Waals surface area contributed by atoms with Crippen LogP contribution < -0.4 is 0 Å². The normalized spacial score (nSPS) is 23.8. The molecule has 0 bridgehead atoms. The Labute approximate surface area is 120 Å². The van der Waals surface area contributed by atoms with Crippen molar-refractivity contribution < 1.29 is 24.5 Å². The lowest BCUT2D eigenvalue weighted by Gasteiger charge is -2.36. The van der Waals surface area contributed by atoms with Crippen LogP contribution in [0.2, 0.25) is 0 Å². The van der Waals surface area contributed by atoms with Crippen LogP contribution in [-0.4, -0.2) is 65.8 Å². The van der Waals surface area contributed by atoms with Gasteiger partial charge in [-0.05, 0) is 33.6 Å². The molecule has 1 aliphatic rings. The molecule has 6 heteroatoms. The lowest BCUT2D eigenvalue weighted by Crippen LogP contribution is -2.47. The number of likely N-dealkylation sites (tertiary alicyclic amines) is 1. The maximum Gasteiger partial charge on any atom is 0.410 e. The van der Waals surface area contributed by atoms with E-state index in [1.165, 1.54) is 0 Å². The van der Waals surface area contributed by atoms with Crippen molar-refractivity contribution in [3.8, 4) is 0 Å². The summed E-state index contributed by atoms with van der Waals surface area (Å²) >= 11 is 0. The Morgan fingerprint density at radius 3 is 2.65 bits per heavy atom. The van der Waals surface area contributed by atoms with Crippen molar-refractivity contribution >= 4 is 6.09 Å². The summed E-state index contributed by atoms with van der Waals surface area (Å²) in [5.41, 5.74) is -0.507. The summed E-state index contributed by atoms with van der Waals surface area (Å²) in [6.45, 7) is 7.29. The van der Waals surface area contributed by atoms with Crippen LogP contribution in [0.3, 0.4) is 0 Å². The SMILES string of the molecule is CC(C)(C)OC(=O)N1CCC(O)C(CCOCCO)C1. The van der Waals surface area contributed by atoms with E-state index in [-0.39, 0.29) is 18.6 Å². The summed E-state index contributed by atoms with van der Waals surface area (Å²) in [4.78, 5) is 13.6. The molecule has 1 fully saturated rings. The fourth-order valence-electron chi connectivity index (χ4n) is 2.20. The smallest absolute Gasteiger partial charge is 0.410 e. The molecule has 2 N–H and O–H groups in total. The molecule has 1 saturated heterocycles. The molecule has 0 aromatic heterocycles. The second-order valence-electron chi connectivity index (χ2n) is 6.17. The number of amides is 1. The fourth-order valence-corrected chi connectivity index (χ4v) is 2.20. The van der Waals surface area contributed by atoms with Crippen molar-refractivity contribution in [3.63, 3.8) is 0 Å². The van der Waals surface area contributed by atoms with Crippen LogP contribution in [0, 0.1) is 5.92 Å². The number of rotatable bonds is 5. The van der Waals surface area contributed by atoms with Gasteiger partial charge in [-0.3, -0.25) is 0 Å². The predicted octanol–water partition coefficient (Wildman–Crippen LogP) is 1.00. The summed E-state index contributed by atoms with van der Waals surface area (Å²) in [7, 11) is 0. The van der Waals surface area contributed by atoms with E-state index in [0.717, 1.165) is 0 Å². The number of nitrogens with zero attached hydrogens (tertiary/aromatic N) is 1. The fraction of sp³-hybridized carbons (Fsp3) is 0.929. The standard InChI is InChI=1S/C14H27NO5/c1-14(2,3)20-13(18)15-6-4-12(17)11(10-15)5-8-19-9-7-16/h11-12,16-17H,4-10H2,1-3H3. The number of hydrogen-bond acceptors (Lipinski definition) is 5. The van der Waals surface area contributed by atoms with Gasteiger partial charge in [0.15, 0.2) is 0 Å². The Morgan fingerprint density at radius 2 is 2.05 bits per heavy atom. The number of aliphatic hydroxyl groups excluding tert-OH is 2. The van der Waals surface area contributed by atoms with E-state index < -0.39 is 11.7 Å². The zero-order valence-corrected chi connectivity index (χ0v) is 12.7. The Bertz CT molecular complexity index is 302. The third-order valence-electron chi connectivity index (χ3n) is 3.21. The van der Waals surface area contributed by atoms with E-state index in [1.54, 1.807) is 4.90 Å². The largest absolute Gasteiger partial charge is 0.444 e. The molecule has 1 amide bonds. The van der Waals surface area contributed by atoms with Crippen molar-refractivity contribution in [3.05, 3.63) is 0 Å². The third kappa shape index (κ3) is 6.07. The van der Waals surface area contributed by atoms with E-state index in [4.69, 9.17) is 14.6 Å². The molecule has 1 heterocycles. The number of ether oxygens (including phenoxy) is 2. The molecule has 0 aromatic carbocycles. The Hall–Kier alpha value is -0.850. The highest BCUT2D eigenvalue weighted by Gasteiger charge is 2.32. The molecule has 6 nitrogen and oxygen atoms in total. The van der Waals surface area contributed by atoms with Crippen molar-refractivity contribution in [2.24, 2.45) is 5.92 Å². The van der Waals surface area contributed by atoms with Crippen molar-refractivity contribution in [2.45, 2.75) is 45.3 Å². The molecular weight excluding hydrogens is 262 g/mol. The predicted molar refractivity (Wildman–Crippen MR) is 74.4 cm³/mol. The summed E-state index contributed by atoms with van der Waals surface area (Å²) in [6, 6.07) is 0. The van der Waals surface area contributed by atoms with E-state index in [9.17, 15) is 9.90 Å². The summed E-state index contributed by atoms with van der Waals surface area (Å²) in [5, 5.41) is 18.6. The van der Waals surface area contributed by atoms with E-state index in [2.05, 4.69) is 0 Å². The van der Waals surface area contributed by atoms with Crippen molar-refractivity contribution in [1.82, 2.24) is 4.90 Å². The second-order valence-corrected chi connectivity index (χ2v) is 6.17. The molecule has 0 aromatic rings. The molecule has 0 saturated carbocycles. The van der Waals surface area contributed by atoms with Crippen molar-refractivity contribution in [2.75, 3.05) is 32.9 Å². The van der Waals surface area contributed by atoms with Gasteiger partial charge in [0.2, 0.25) is 0 Å². The van der Waals surface area contributed by atoms with Gasteiger partial charge >= 0.3 is 6.09 Å². The van der Waals surface area contributed by atoms with Gasteiger partial charge in [0, 0.05) is 25.6 Å². The van der Waals surface area contributed by atoms with Gasteiger partial charge in [0.1, 0.15) is 5.60 Å². The quantitative estimate of drug-likeness (QED) is 0.738. The van der Waals surface area contributed by atoms with Crippen LogP contribution in [0.1, 0.15) is 33.6 Å². The highest BCUT2D eigenvalue weighted by atomic mass is 16.6. The Morgan fingerprint density at radius 1 is 1.35 bits per heavy atom. The summed E-state index contributed by atoms with van der Waals surface area (Å²) < 4.78 is 10.6. The van der Waals surface area contributed by atoms with Gasteiger partial charge < -0.3 is 24.6 Å². The van der Waals surface area contributed by atoms with Crippen LogP contribution in [-0.2, 0) is 9.47 Å². The maximum absolute atomic E-state index is 12.0. The first-order valence-electron chi connectivity index (χ1n) is 7.18. The summed E-state index contributed by atoms with van der Waals surface area (Å²) in [5.74, 6) is -0.00467. The molecule has 20 heavy (non-hydrogen) atoms. The number of aliphatic hydroxyl groups is 2. The molecule has 2 atom stereocenters. The average Bonchev–Trinajstić information content (AvgIpc) is 2.34. The lowest BCUT2D eigenvalue weighted by atomic mass is 9.92. The van der Waals surface area contributed by atoms with Crippen LogP contribution in [0.5, 0.6) is 0 Å². The number of piperidine rings is 1. The highest BCUT2D eigenvalue weighted by molar-refractivity contribution is 5.68. The van der Waals surface area contributed by atoms with Gasteiger partial charge in [0.05, 0.1) is 19.3 Å². The number of hydrogen-bond donors (Lipinski definition) is 2. The Kier molecular flexibility index (Phi) is 6.71. The maximum atomic E-state index is 12.0. The Balaban J connectivity index is 2.42. The van der Waals surface area contributed by atoms with Gasteiger partial charge in [-0.2, -0.15) is 0 Å². The molecule has 2 unspecified atom stereocenters. The zero-order chi connectivity index (χ0) is 15.2. The third-order valence-corrected chi connectivity index (χ3v) is 3.21. The monoisotopic (exact) mass is 289 g/mol. The first-order valence-corrected chi connectivity index (χ1v) is 7.18. The second kappa shape index (κ2) is 7.81. The topological polar surface area (TPSA) is 79.2 Å². The summed E-state index contributed by atoms with van der Waals surface area (Å²) in [6.07, 6.45) is 0.488. The van der Waals surface area contributed by atoms with E-state index >= 15 is 0 Å². The van der Waals surface area contributed by atoms with Crippen LogP contribution >= 0.6 is 0 Å². The van der Waals surface area contributed by atoms with Gasteiger partial charge in [-0.25, -0.2) is 4.79 Å². The minimum atomic E-state index is -0.507. The minimum absolute atomic E-state index is 0.00272. The molecule has 118 valence electrons. The van der Waals surface area contributed by atoms with Crippen LogP contribution in [0.4, 0.5) is 4.79 Å². The first-order chi connectivity index (χ1) is 9.33. The van der Waals surface area contributed by atoms with E-state index in [1.807, 2.05) is 20.8 Å². The highest BCUT2D eigenvalue weighted by Crippen LogP contribution is 2.22. The van der Waals surface area contributed by atoms with Crippen LogP contribution in [0.15, 0.2) is 0 Å². The molecule has 0 aliphatic carbocycles. The zero-order valence-electron chi connectivity index (χ0n) is 12.7. The molecular formula is C14H27NO5. The van der Waals surface area contributed by atoms with Gasteiger partial charge in [-0.15, -0.1) is 0 Å². The average molecular weight is 289 g/mol. The van der Waals surface area contributed by atoms with Gasteiger partial charge in [-0.1, -0.05) is 0 Å². The number of carbonyl (C=O) groups excluding carboxylic acids is 1. The van der Waals surface area contributed by atoms with Crippen molar-refractivity contribution in [1.29, 1.82) is 0 Å². The number of carbonyl (C=O) groups is 1. The lowest BCUT2D eigenvalue weighted by molar-refractivity contribution is -0.0175. The molecule has 1 rings (SSSR count). The first kappa shape index (κ1) is 17.2.